The number of anilines is 1. The van der Waals surface area contributed by atoms with Crippen molar-refractivity contribution in [2.24, 2.45) is 0 Å². The van der Waals surface area contributed by atoms with Crippen molar-refractivity contribution in [3.63, 3.8) is 0 Å². The van der Waals surface area contributed by atoms with Gasteiger partial charge in [0.2, 0.25) is 0 Å². The fourth-order valence-electron chi connectivity index (χ4n) is 3.05. The Morgan fingerprint density at radius 2 is 1.77 bits per heavy atom. The normalized spacial score (nSPS) is 14.5. The summed E-state index contributed by atoms with van der Waals surface area (Å²) >= 11 is 3.40. The van der Waals surface area contributed by atoms with Crippen LogP contribution in [0.1, 0.15) is 10.4 Å². The molecule has 1 saturated heterocycles. The van der Waals surface area contributed by atoms with Crippen molar-refractivity contribution < 1.29 is 4.79 Å². The maximum absolute atomic E-state index is 12.7. The molecule has 0 N–H and O–H groups in total. The molecule has 1 amide bonds. The predicted octanol–water partition coefficient (Wildman–Crippen LogP) is 2.99. The van der Waals surface area contributed by atoms with E-state index in [1.807, 2.05) is 53.6 Å². The number of carbonyl (C=O) groups excluding carboxylic acids is 1. The van der Waals surface area contributed by atoms with E-state index in [4.69, 9.17) is 0 Å². The Morgan fingerprint density at radius 1 is 1.00 bits per heavy atom. The van der Waals surface area contributed by atoms with Crippen LogP contribution in [0.15, 0.2) is 65.5 Å². The van der Waals surface area contributed by atoms with E-state index in [9.17, 15) is 4.79 Å². The highest BCUT2D eigenvalue weighted by atomic mass is 79.9. The van der Waals surface area contributed by atoms with Crippen LogP contribution in [0, 0.1) is 0 Å². The van der Waals surface area contributed by atoms with Crippen molar-refractivity contribution in [2.45, 2.75) is 0 Å². The summed E-state index contributed by atoms with van der Waals surface area (Å²) in [4.78, 5) is 21.3. The van der Waals surface area contributed by atoms with Gasteiger partial charge in [-0.3, -0.25) is 4.79 Å². The number of pyridine rings is 1. The topological polar surface area (TPSA) is 54.3 Å². The van der Waals surface area contributed by atoms with Crippen LogP contribution in [0.5, 0.6) is 0 Å². The Kier molecular flexibility index (Phi) is 4.71. The minimum absolute atomic E-state index is 0.0698. The third kappa shape index (κ3) is 3.48. The van der Waals surface area contributed by atoms with Gasteiger partial charge < -0.3 is 9.80 Å². The predicted molar refractivity (Wildman–Crippen MR) is 104 cm³/mol. The molecule has 3 aromatic rings. The van der Waals surface area contributed by atoms with Crippen LogP contribution in [0.4, 0.5) is 5.82 Å². The smallest absolute Gasteiger partial charge is 0.253 e. The van der Waals surface area contributed by atoms with E-state index in [0.29, 0.717) is 18.7 Å². The molecule has 4 rings (SSSR count). The zero-order valence-corrected chi connectivity index (χ0v) is 15.7. The summed E-state index contributed by atoms with van der Waals surface area (Å²) in [6.45, 7) is 2.95. The van der Waals surface area contributed by atoms with E-state index >= 15 is 0 Å². The van der Waals surface area contributed by atoms with Crippen LogP contribution in [0.3, 0.4) is 0 Å². The van der Waals surface area contributed by atoms with Gasteiger partial charge >= 0.3 is 0 Å². The van der Waals surface area contributed by atoms with Crippen molar-refractivity contribution in [2.75, 3.05) is 31.1 Å². The van der Waals surface area contributed by atoms with Crippen molar-refractivity contribution in [3.05, 3.63) is 71.1 Å². The number of benzene rings is 1. The lowest BCUT2D eigenvalue weighted by molar-refractivity contribution is 0.0746. The Hall–Kier alpha value is -2.67. The lowest BCUT2D eigenvalue weighted by Crippen LogP contribution is -2.49. The number of nitrogens with zero attached hydrogens (tertiary/aromatic N) is 5. The van der Waals surface area contributed by atoms with Gasteiger partial charge in [-0.15, -0.1) is 0 Å². The fraction of sp³-hybridized carbons (Fsp3) is 0.211. The van der Waals surface area contributed by atoms with E-state index in [1.165, 1.54) is 0 Å². The van der Waals surface area contributed by atoms with E-state index in [-0.39, 0.29) is 5.91 Å². The molecule has 26 heavy (non-hydrogen) atoms. The van der Waals surface area contributed by atoms with Gasteiger partial charge in [0, 0.05) is 54.8 Å². The zero-order chi connectivity index (χ0) is 17.9. The Labute approximate surface area is 160 Å². The molecule has 1 aliphatic heterocycles. The van der Waals surface area contributed by atoms with Crippen LogP contribution < -0.4 is 4.90 Å². The van der Waals surface area contributed by atoms with Crippen molar-refractivity contribution in [1.29, 1.82) is 0 Å². The summed E-state index contributed by atoms with van der Waals surface area (Å²) in [7, 11) is 0. The highest BCUT2D eigenvalue weighted by Gasteiger charge is 2.22. The fourth-order valence-corrected chi connectivity index (χ4v) is 3.29. The van der Waals surface area contributed by atoms with Crippen LogP contribution in [0.25, 0.3) is 5.69 Å². The maximum atomic E-state index is 12.7. The number of amides is 1. The summed E-state index contributed by atoms with van der Waals surface area (Å²) in [5.74, 6) is 1.02. The second-order valence-corrected chi connectivity index (χ2v) is 7.03. The lowest BCUT2D eigenvalue weighted by atomic mass is 10.1. The van der Waals surface area contributed by atoms with E-state index in [0.717, 1.165) is 29.1 Å². The van der Waals surface area contributed by atoms with Crippen LogP contribution >= 0.6 is 15.9 Å². The quantitative estimate of drug-likeness (QED) is 0.664. The van der Waals surface area contributed by atoms with Gasteiger partial charge in [-0.1, -0.05) is 0 Å². The van der Waals surface area contributed by atoms with Gasteiger partial charge in [0.05, 0.1) is 5.69 Å². The largest absolute Gasteiger partial charge is 0.353 e. The molecule has 0 atom stereocenters. The third-order valence-electron chi connectivity index (χ3n) is 4.49. The lowest BCUT2D eigenvalue weighted by Gasteiger charge is -2.35. The average Bonchev–Trinajstić information content (AvgIpc) is 3.23. The summed E-state index contributed by atoms with van der Waals surface area (Å²) in [5, 5.41) is 4.20. The average molecular weight is 412 g/mol. The van der Waals surface area contributed by atoms with E-state index in [2.05, 4.69) is 30.9 Å². The molecule has 0 radical (unpaired) electrons. The molecule has 6 nitrogen and oxygen atoms in total. The Morgan fingerprint density at radius 3 is 2.38 bits per heavy atom. The molecular formula is C19H18BrN5O. The first-order valence-corrected chi connectivity index (χ1v) is 9.26. The standard InChI is InChI=1S/C19H18BrN5O/c20-16-4-7-18(21-14-16)23-10-12-24(13-11-23)19(26)15-2-5-17(6-3-15)25-9-1-8-22-25/h1-9,14H,10-13H2. The zero-order valence-electron chi connectivity index (χ0n) is 14.1. The summed E-state index contributed by atoms with van der Waals surface area (Å²) < 4.78 is 2.74. The first-order chi connectivity index (χ1) is 12.7. The molecule has 1 fully saturated rings. The van der Waals surface area contributed by atoms with E-state index in [1.54, 1.807) is 17.1 Å². The van der Waals surface area contributed by atoms with Gasteiger partial charge in [-0.2, -0.15) is 5.10 Å². The molecule has 0 aliphatic carbocycles. The molecule has 3 heterocycles. The van der Waals surface area contributed by atoms with Gasteiger partial charge in [-0.05, 0) is 58.4 Å². The molecule has 1 aliphatic rings. The first-order valence-electron chi connectivity index (χ1n) is 8.46. The second kappa shape index (κ2) is 7.29. The molecule has 0 bridgehead atoms. The molecule has 1 aromatic carbocycles. The highest BCUT2D eigenvalue weighted by molar-refractivity contribution is 9.10. The molecule has 132 valence electrons. The maximum Gasteiger partial charge on any atom is 0.253 e. The van der Waals surface area contributed by atoms with Crippen LogP contribution in [-0.4, -0.2) is 51.8 Å². The van der Waals surface area contributed by atoms with E-state index < -0.39 is 0 Å². The molecule has 0 spiro atoms. The van der Waals surface area contributed by atoms with Gasteiger partial charge in [0.25, 0.3) is 5.91 Å². The highest BCUT2D eigenvalue weighted by Crippen LogP contribution is 2.18. The van der Waals surface area contributed by atoms with Crippen LogP contribution in [0.2, 0.25) is 0 Å². The van der Waals surface area contributed by atoms with Gasteiger partial charge in [0.1, 0.15) is 5.82 Å². The summed E-state index contributed by atoms with van der Waals surface area (Å²) in [5.41, 5.74) is 1.65. The van der Waals surface area contributed by atoms with Gasteiger partial charge in [-0.25, -0.2) is 9.67 Å². The number of hydrogen-bond acceptors (Lipinski definition) is 4. The Bertz CT molecular complexity index is 869. The molecular weight excluding hydrogens is 394 g/mol. The van der Waals surface area contributed by atoms with Gasteiger partial charge in [0.15, 0.2) is 0 Å². The minimum atomic E-state index is 0.0698. The Balaban J connectivity index is 1.39. The second-order valence-electron chi connectivity index (χ2n) is 6.11. The van der Waals surface area contributed by atoms with Crippen molar-refractivity contribution in [1.82, 2.24) is 19.7 Å². The number of piperazine rings is 1. The summed E-state index contributed by atoms with van der Waals surface area (Å²) in [6.07, 6.45) is 5.42. The minimum Gasteiger partial charge on any atom is -0.353 e. The first kappa shape index (κ1) is 16.8. The number of aromatic nitrogens is 3. The number of rotatable bonds is 3. The number of halogens is 1. The molecule has 0 saturated carbocycles. The monoisotopic (exact) mass is 411 g/mol. The van der Waals surface area contributed by atoms with Crippen molar-refractivity contribution >= 4 is 27.7 Å². The molecule has 7 heteroatoms. The summed E-state index contributed by atoms with van der Waals surface area (Å²) in [6, 6.07) is 13.4. The van der Waals surface area contributed by atoms with Crippen molar-refractivity contribution in [3.8, 4) is 5.69 Å². The number of carbonyl (C=O) groups is 1. The SMILES string of the molecule is O=C(c1ccc(-n2cccn2)cc1)N1CCN(c2ccc(Br)cn2)CC1. The van der Waals surface area contributed by atoms with Crippen LogP contribution in [-0.2, 0) is 0 Å². The molecule has 0 unspecified atom stereocenters. The third-order valence-corrected chi connectivity index (χ3v) is 4.95. The number of hydrogen-bond donors (Lipinski definition) is 0. The molecule has 2 aromatic heterocycles.